The summed E-state index contributed by atoms with van der Waals surface area (Å²) in [7, 11) is 0. The summed E-state index contributed by atoms with van der Waals surface area (Å²) in [5.74, 6) is -14.5. The smallest absolute Gasteiger partial charge is 0.335 e. The van der Waals surface area contributed by atoms with Gasteiger partial charge in [-0.3, -0.25) is 43.3 Å². The third-order valence-corrected chi connectivity index (χ3v) is 15.0. The summed E-state index contributed by atoms with van der Waals surface area (Å²) in [5.41, 5.74) is 10.9. The number of fused-ring (bicyclic) bond motifs is 3. The molecule has 462 valence electrons. The van der Waals surface area contributed by atoms with E-state index in [1.807, 2.05) is 10.6 Å². The van der Waals surface area contributed by atoms with Gasteiger partial charge in [-0.1, -0.05) is 65.2 Å². The van der Waals surface area contributed by atoms with Gasteiger partial charge in [0.2, 0.25) is 47.3 Å². The number of guanidine groups is 1. The summed E-state index contributed by atoms with van der Waals surface area (Å²) < 4.78 is 5.67. The average molecular weight is 1170 g/mol. The topological polar surface area (TPSA) is 473 Å². The second kappa shape index (κ2) is 32.8. The van der Waals surface area contributed by atoms with Gasteiger partial charge in [-0.15, -0.1) is 0 Å². The van der Waals surface area contributed by atoms with Crippen LogP contribution in [-0.2, 0) is 57.5 Å². The number of carbonyl (C=O) groups excluding carboxylic acids is 9. The highest BCUT2D eigenvalue weighted by Crippen LogP contribution is 2.27. The Hall–Kier alpha value is -6.76. The molecule has 30 nitrogen and oxygen atoms in total. The predicted molar refractivity (Wildman–Crippen MR) is 287 cm³/mol. The number of esters is 1. The van der Waals surface area contributed by atoms with Crippen LogP contribution in [0.25, 0.3) is 0 Å². The number of nitrogens with one attached hydrogen (secondary N) is 5. The molecule has 13 atom stereocenters. The Morgan fingerprint density at radius 2 is 1.17 bits per heavy atom. The molecule has 4 saturated heterocycles. The van der Waals surface area contributed by atoms with Crippen molar-refractivity contribution in [1.82, 2.24) is 41.3 Å². The molecule has 0 aliphatic carbocycles. The van der Waals surface area contributed by atoms with Crippen molar-refractivity contribution < 1.29 is 93.2 Å². The molecule has 4 aliphatic heterocycles. The number of amides is 8. The first-order valence-electron chi connectivity index (χ1n) is 28.3. The number of carboxylic acid groups (broad SMARTS) is 2. The van der Waals surface area contributed by atoms with Crippen molar-refractivity contribution in [3.8, 4) is 0 Å². The number of aliphatic carboxylic acids is 2. The van der Waals surface area contributed by atoms with Gasteiger partial charge in [0.15, 0.2) is 24.2 Å². The first-order valence-corrected chi connectivity index (χ1v) is 28.3. The number of carboxylic acids is 2. The molecule has 8 amide bonds. The Kier molecular flexibility index (Phi) is 27.1. The van der Waals surface area contributed by atoms with Crippen molar-refractivity contribution in [3.05, 3.63) is 0 Å². The van der Waals surface area contributed by atoms with Crippen LogP contribution in [0, 0.1) is 5.92 Å². The molecule has 0 aromatic carbocycles. The normalized spacial score (nSPS) is 28.0. The van der Waals surface area contributed by atoms with E-state index in [0.29, 0.717) is 23.7 Å². The van der Waals surface area contributed by atoms with Crippen molar-refractivity contribution in [3.63, 3.8) is 0 Å². The Labute approximate surface area is 474 Å². The molecule has 0 radical (unpaired) electrons. The molecular formula is C52H85N11O19. The highest BCUT2D eigenvalue weighted by atomic mass is 16.5. The van der Waals surface area contributed by atoms with E-state index in [2.05, 4.69) is 34.8 Å². The van der Waals surface area contributed by atoms with Crippen molar-refractivity contribution in [1.29, 1.82) is 0 Å². The van der Waals surface area contributed by atoms with Crippen LogP contribution in [0.1, 0.15) is 136 Å². The quantitative estimate of drug-likeness (QED) is 0.0223. The average Bonchev–Trinajstić information content (AvgIpc) is 4.40. The lowest BCUT2D eigenvalue weighted by molar-refractivity contribution is -0.165. The first kappa shape index (κ1) is 67.7. The van der Waals surface area contributed by atoms with Gasteiger partial charge in [0.25, 0.3) is 0 Å². The molecule has 0 aromatic rings. The van der Waals surface area contributed by atoms with E-state index in [-0.39, 0.29) is 77.0 Å². The Morgan fingerprint density at radius 3 is 1.76 bits per heavy atom. The van der Waals surface area contributed by atoms with E-state index >= 15 is 0 Å². The number of aliphatic hydroxyl groups excluding tert-OH is 5. The molecule has 0 saturated carbocycles. The first-order chi connectivity index (χ1) is 38.8. The fourth-order valence-corrected chi connectivity index (χ4v) is 10.6. The van der Waals surface area contributed by atoms with Gasteiger partial charge in [0.1, 0.15) is 48.4 Å². The van der Waals surface area contributed by atoms with E-state index in [9.17, 15) is 88.5 Å². The van der Waals surface area contributed by atoms with Gasteiger partial charge in [-0.2, -0.15) is 0 Å². The van der Waals surface area contributed by atoms with Crippen molar-refractivity contribution in [2.24, 2.45) is 22.4 Å². The fraction of sp³-hybridized carbons (Fsp3) is 0.769. The number of nitrogens with zero attached hydrogens (tertiary/aromatic N) is 4. The molecule has 4 fully saturated rings. The maximum Gasteiger partial charge on any atom is 0.335 e. The lowest BCUT2D eigenvalue weighted by atomic mass is 10.0. The number of rotatable bonds is 21. The summed E-state index contributed by atoms with van der Waals surface area (Å²) >= 11 is 0. The number of nitrogens with two attached hydrogens (primary N) is 2. The number of ether oxygens (including phenoxy) is 1. The summed E-state index contributed by atoms with van der Waals surface area (Å²) in [6.07, 6.45) is -3.13. The lowest BCUT2D eigenvalue weighted by Gasteiger charge is -2.34. The van der Waals surface area contributed by atoms with Crippen LogP contribution in [0.3, 0.4) is 0 Å². The summed E-state index contributed by atoms with van der Waals surface area (Å²) in [6.45, 7) is 3.64. The van der Waals surface area contributed by atoms with Crippen LogP contribution in [0.4, 0.5) is 0 Å². The van der Waals surface area contributed by atoms with E-state index in [4.69, 9.17) is 16.2 Å². The van der Waals surface area contributed by atoms with Gasteiger partial charge >= 0.3 is 17.9 Å². The van der Waals surface area contributed by atoms with Gasteiger partial charge in [-0.05, 0) is 70.6 Å². The third-order valence-electron chi connectivity index (χ3n) is 15.0. The number of hydrogen-bond donors (Lipinski definition) is 14. The van der Waals surface area contributed by atoms with E-state index < -0.39 is 164 Å². The molecule has 0 aromatic heterocycles. The molecule has 4 aliphatic rings. The molecule has 16 N–H and O–H groups in total. The van der Waals surface area contributed by atoms with Crippen LogP contribution in [0.15, 0.2) is 4.99 Å². The maximum atomic E-state index is 14.5. The second-order valence-corrected chi connectivity index (χ2v) is 21.9. The number of aliphatic imine (C=N–C) groups is 1. The van der Waals surface area contributed by atoms with Gasteiger partial charge in [0.05, 0.1) is 25.2 Å². The summed E-state index contributed by atoms with van der Waals surface area (Å²) in [6, 6.07) is -14.9. The van der Waals surface area contributed by atoms with Crippen molar-refractivity contribution in [2.45, 2.75) is 215 Å². The van der Waals surface area contributed by atoms with E-state index in [1.54, 1.807) is 0 Å². The van der Waals surface area contributed by atoms with Gasteiger partial charge < -0.3 is 93.2 Å². The minimum Gasteiger partial charge on any atom is -0.479 e. The van der Waals surface area contributed by atoms with Crippen LogP contribution >= 0.6 is 0 Å². The number of carbonyl (C=O) groups is 11. The third kappa shape index (κ3) is 19.4. The molecule has 4 unspecified atom stereocenters. The highest BCUT2D eigenvalue weighted by Gasteiger charge is 2.48. The minimum atomic E-state index is -2.76. The predicted octanol–water partition coefficient (Wildman–Crippen LogP) is -4.46. The van der Waals surface area contributed by atoms with E-state index in [1.165, 1.54) is 11.8 Å². The van der Waals surface area contributed by atoms with Crippen molar-refractivity contribution in [2.75, 3.05) is 32.8 Å². The molecule has 4 rings (SSSR count). The Morgan fingerprint density at radius 1 is 0.610 bits per heavy atom. The SMILES string of the molecule is CC(C)CCCCCCCCCCC1CC(=O)N[C@@H](C(C)O)C(=O)N2CCC[C@H]2C(=O)N2CCC[C@H]2C(=O)N[C@@H](CCCN=C(N)N)C(=O)N[C@@H](C(O)C(=O)O)C(=O)N[C@@H](CO)C(=O)N2CC[C@@H](O)[C@H]2C(=O)N[C@@H](C(O)C(=O)O)C(=O)O1. The number of unbranched alkanes of at least 4 members (excludes halogenated alkanes) is 7. The van der Waals surface area contributed by atoms with Crippen LogP contribution in [0.2, 0.25) is 0 Å². The highest BCUT2D eigenvalue weighted by molar-refractivity contribution is 6.00. The zero-order valence-corrected chi connectivity index (χ0v) is 46.8. The van der Waals surface area contributed by atoms with Crippen LogP contribution in [0.5, 0.6) is 0 Å². The Balaban J connectivity index is 1.76. The number of aliphatic hydroxyl groups is 5. The minimum absolute atomic E-state index is 0.00881. The van der Waals surface area contributed by atoms with E-state index in [0.717, 1.165) is 49.8 Å². The van der Waals surface area contributed by atoms with Gasteiger partial charge in [0, 0.05) is 26.2 Å². The number of cyclic esters (lactones) is 1. The van der Waals surface area contributed by atoms with Crippen LogP contribution < -0.4 is 38.1 Å². The number of hydrogen-bond acceptors (Lipinski definition) is 18. The molecule has 4 heterocycles. The standard InChI is InChI=1S/C52H85N11O19/c1-27(2)15-10-8-6-4-5-7-9-11-16-29-25-35(67)58-36(28(3)65)48(76)62-23-14-19-33(62)47(75)61-22-13-18-32(61)43(71)56-30(17-12-21-55-52(53)54)42(70)59-37(40(68)49(77)78)44(72)57-31(26-64)46(74)63-24-20-34(66)39(63)45(73)60-38(51(81)82-29)41(69)50(79)80/h27-34,36-41,64-66,68-69H,4-26H2,1-3H3,(H,56,71)(H,57,72)(H,58,67)(H,59,70)(H,60,73)(H,77,78)(H,79,80)(H4,53,54,55)/t28?,29?,30-,31-,32-,33-,34+,36-,37-,38-,39-,40?,41?/m0/s1. The molecule has 0 bridgehead atoms. The molecule has 82 heavy (non-hydrogen) atoms. The largest absolute Gasteiger partial charge is 0.479 e. The van der Waals surface area contributed by atoms with Crippen molar-refractivity contribution >= 4 is 71.1 Å². The fourth-order valence-electron chi connectivity index (χ4n) is 10.6. The lowest BCUT2D eigenvalue weighted by Crippen LogP contribution is -2.64. The zero-order valence-electron chi connectivity index (χ0n) is 46.8. The Bertz CT molecular complexity index is 2290. The van der Waals surface area contributed by atoms with Gasteiger partial charge in [-0.25, -0.2) is 14.4 Å². The zero-order chi connectivity index (χ0) is 61.0. The summed E-state index contributed by atoms with van der Waals surface area (Å²) in [4.78, 5) is 159. The monoisotopic (exact) mass is 1170 g/mol. The summed E-state index contributed by atoms with van der Waals surface area (Å²) in [5, 5.41) is 84.9. The molecule has 30 heteroatoms. The molecule has 0 spiro atoms. The molecular weight excluding hydrogens is 1080 g/mol. The maximum absolute atomic E-state index is 14.5. The second-order valence-electron chi connectivity index (χ2n) is 21.9. The van der Waals surface area contributed by atoms with Crippen LogP contribution in [-0.4, -0.2) is 233 Å².